The Kier molecular flexibility index (Phi) is 5.48. The maximum Gasteiger partial charge on any atom is 0.255 e. The summed E-state index contributed by atoms with van der Waals surface area (Å²) in [5.74, 6) is -0.601. The number of aromatic nitrogens is 2. The molecule has 2 heterocycles. The molecule has 1 aromatic carbocycles. The lowest BCUT2D eigenvalue weighted by atomic mass is 10.1. The van der Waals surface area contributed by atoms with Crippen molar-refractivity contribution < 1.29 is 14.0 Å². The van der Waals surface area contributed by atoms with Gasteiger partial charge in [-0.3, -0.25) is 14.3 Å². The molecule has 1 atom stereocenters. The van der Waals surface area contributed by atoms with Crippen LogP contribution in [-0.2, 0) is 17.9 Å². The predicted molar refractivity (Wildman–Crippen MR) is 95.3 cm³/mol. The lowest BCUT2D eigenvalue weighted by Gasteiger charge is -2.15. The highest BCUT2D eigenvalue weighted by atomic mass is 16.3. The molecule has 0 aliphatic heterocycles. The molecule has 3 rings (SSSR count). The summed E-state index contributed by atoms with van der Waals surface area (Å²) in [6, 6.07) is 10.6. The molecule has 3 aromatic rings. The summed E-state index contributed by atoms with van der Waals surface area (Å²) in [6.07, 6.45) is 6.37. The third-order valence-corrected chi connectivity index (χ3v) is 3.99. The first kappa shape index (κ1) is 17.5. The summed E-state index contributed by atoms with van der Waals surface area (Å²) in [7, 11) is 0. The van der Waals surface area contributed by atoms with E-state index in [2.05, 4.69) is 15.7 Å². The van der Waals surface area contributed by atoms with Gasteiger partial charge in [-0.05, 0) is 30.2 Å². The summed E-state index contributed by atoms with van der Waals surface area (Å²) in [6.45, 7) is 2.65. The second-order valence-electron chi connectivity index (χ2n) is 5.90. The summed E-state index contributed by atoms with van der Waals surface area (Å²) in [4.78, 5) is 24.2. The van der Waals surface area contributed by atoms with Gasteiger partial charge in [-0.15, -0.1) is 0 Å². The quantitative estimate of drug-likeness (QED) is 0.680. The van der Waals surface area contributed by atoms with Gasteiger partial charge in [0.15, 0.2) is 0 Å². The van der Waals surface area contributed by atoms with Crippen molar-refractivity contribution in [2.45, 2.75) is 26.1 Å². The van der Waals surface area contributed by atoms with Crippen molar-refractivity contribution in [1.82, 2.24) is 20.4 Å². The number of benzene rings is 1. The zero-order valence-corrected chi connectivity index (χ0v) is 14.4. The van der Waals surface area contributed by atoms with Crippen LogP contribution < -0.4 is 10.6 Å². The number of rotatable bonds is 7. The van der Waals surface area contributed by atoms with Gasteiger partial charge in [0.1, 0.15) is 12.3 Å². The van der Waals surface area contributed by atoms with Gasteiger partial charge >= 0.3 is 0 Å². The van der Waals surface area contributed by atoms with E-state index in [9.17, 15) is 9.59 Å². The highest BCUT2D eigenvalue weighted by molar-refractivity contribution is 5.97. The zero-order valence-electron chi connectivity index (χ0n) is 14.4. The Hall–Kier alpha value is -3.35. The predicted octanol–water partition coefficient (Wildman–Crippen LogP) is 1.96. The largest absolute Gasteiger partial charge is 0.472 e. The second kappa shape index (κ2) is 8.15. The molecule has 0 fully saturated rings. The molecule has 0 saturated heterocycles. The Morgan fingerprint density at radius 2 is 2.00 bits per heavy atom. The molecule has 7 nitrogen and oxygen atoms in total. The summed E-state index contributed by atoms with van der Waals surface area (Å²) in [5.41, 5.74) is 2.46. The third-order valence-electron chi connectivity index (χ3n) is 3.99. The van der Waals surface area contributed by atoms with Crippen LogP contribution >= 0.6 is 0 Å². The lowest BCUT2D eigenvalue weighted by molar-refractivity contribution is -0.122. The van der Waals surface area contributed by atoms with Gasteiger partial charge < -0.3 is 15.1 Å². The van der Waals surface area contributed by atoms with E-state index in [0.29, 0.717) is 18.7 Å². The van der Waals surface area contributed by atoms with E-state index in [1.165, 1.54) is 12.5 Å². The minimum atomic E-state index is -0.657. The first-order valence-electron chi connectivity index (χ1n) is 8.28. The van der Waals surface area contributed by atoms with E-state index >= 15 is 0 Å². The summed E-state index contributed by atoms with van der Waals surface area (Å²) in [5, 5.41) is 9.71. The fourth-order valence-electron chi connectivity index (χ4n) is 2.53. The molecule has 0 saturated carbocycles. The Morgan fingerprint density at radius 1 is 1.19 bits per heavy atom. The van der Waals surface area contributed by atoms with Gasteiger partial charge in [-0.1, -0.05) is 24.3 Å². The van der Waals surface area contributed by atoms with Crippen LogP contribution in [-0.4, -0.2) is 27.6 Å². The summed E-state index contributed by atoms with van der Waals surface area (Å²) >= 11 is 0. The smallest absolute Gasteiger partial charge is 0.255 e. The van der Waals surface area contributed by atoms with Gasteiger partial charge in [-0.25, -0.2) is 0 Å². The van der Waals surface area contributed by atoms with Crippen molar-refractivity contribution in [3.05, 3.63) is 78.0 Å². The van der Waals surface area contributed by atoms with E-state index in [0.717, 1.165) is 11.1 Å². The first-order chi connectivity index (χ1) is 12.6. The number of hydrogen-bond acceptors (Lipinski definition) is 4. The molecule has 0 aliphatic carbocycles. The van der Waals surface area contributed by atoms with Crippen LogP contribution in [0.3, 0.4) is 0 Å². The topological polar surface area (TPSA) is 89.2 Å². The Balaban J connectivity index is 1.56. The molecule has 2 N–H and O–H groups in total. The van der Waals surface area contributed by atoms with Gasteiger partial charge in [0.25, 0.3) is 5.91 Å². The number of carbonyl (C=O) groups is 2. The van der Waals surface area contributed by atoms with Crippen molar-refractivity contribution in [2.75, 3.05) is 0 Å². The van der Waals surface area contributed by atoms with Crippen molar-refractivity contribution in [2.24, 2.45) is 0 Å². The molecule has 0 bridgehead atoms. The molecule has 0 radical (unpaired) electrons. The first-order valence-corrected chi connectivity index (χ1v) is 8.28. The van der Waals surface area contributed by atoms with E-state index < -0.39 is 6.04 Å². The highest BCUT2D eigenvalue weighted by Crippen LogP contribution is 2.10. The average molecular weight is 352 g/mol. The monoisotopic (exact) mass is 352 g/mol. The molecular weight excluding hydrogens is 332 g/mol. The van der Waals surface area contributed by atoms with Crippen LogP contribution in [0.15, 0.2) is 65.7 Å². The minimum absolute atomic E-state index is 0.254. The van der Waals surface area contributed by atoms with Crippen LogP contribution in [0.25, 0.3) is 0 Å². The van der Waals surface area contributed by atoms with Crippen LogP contribution in [0.1, 0.15) is 28.4 Å². The van der Waals surface area contributed by atoms with Crippen molar-refractivity contribution in [3.8, 4) is 0 Å². The average Bonchev–Trinajstić information content (AvgIpc) is 3.34. The Morgan fingerprint density at radius 3 is 2.69 bits per heavy atom. The van der Waals surface area contributed by atoms with Crippen molar-refractivity contribution in [3.63, 3.8) is 0 Å². The van der Waals surface area contributed by atoms with E-state index in [-0.39, 0.29) is 11.8 Å². The molecule has 134 valence electrons. The number of furan rings is 1. The van der Waals surface area contributed by atoms with E-state index in [4.69, 9.17) is 4.42 Å². The van der Waals surface area contributed by atoms with E-state index in [1.54, 1.807) is 19.2 Å². The van der Waals surface area contributed by atoms with Crippen LogP contribution in [0.2, 0.25) is 0 Å². The van der Waals surface area contributed by atoms with Gasteiger partial charge in [0.05, 0.1) is 18.4 Å². The lowest BCUT2D eigenvalue weighted by Crippen LogP contribution is -2.44. The van der Waals surface area contributed by atoms with Gasteiger partial charge in [-0.2, -0.15) is 5.10 Å². The maximum absolute atomic E-state index is 12.3. The minimum Gasteiger partial charge on any atom is -0.472 e. The fourth-order valence-corrected chi connectivity index (χ4v) is 2.53. The zero-order chi connectivity index (χ0) is 18.4. The third kappa shape index (κ3) is 4.38. The van der Waals surface area contributed by atoms with Gasteiger partial charge in [0, 0.05) is 18.9 Å². The van der Waals surface area contributed by atoms with Crippen LogP contribution in [0.4, 0.5) is 0 Å². The number of amides is 2. The molecule has 2 aromatic heterocycles. The molecule has 7 heteroatoms. The Bertz CT molecular complexity index is 857. The highest BCUT2D eigenvalue weighted by Gasteiger charge is 2.17. The Labute approximate surface area is 151 Å². The van der Waals surface area contributed by atoms with Crippen LogP contribution in [0, 0.1) is 0 Å². The molecule has 0 unspecified atom stereocenters. The molecule has 2 amide bonds. The molecule has 0 spiro atoms. The fraction of sp³-hybridized carbons (Fsp3) is 0.211. The number of carbonyl (C=O) groups excluding carboxylic acids is 2. The van der Waals surface area contributed by atoms with Crippen molar-refractivity contribution >= 4 is 11.8 Å². The standard InChI is InChI=1S/C19H20N4O3/c1-14(22-19(25)17-7-10-26-13-17)18(24)20-11-15-5-2-3-6-16(15)12-23-9-4-8-21-23/h2-10,13-14H,11-12H2,1H3,(H,20,24)(H,22,25)/t14-/m0/s1. The number of hydrogen-bond donors (Lipinski definition) is 2. The van der Waals surface area contributed by atoms with E-state index in [1.807, 2.05) is 41.2 Å². The normalized spacial score (nSPS) is 11.7. The maximum atomic E-state index is 12.3. The number of nitrogens with zero attached hydrogens (tertiary/aromatic N) is 2. The van der Waals surface area contributed by atoms with Crippen molar-refractivity contribution in [1.29, 1.82) is 0 Å². The molecule has 0 aliphatic rings. The van der Waals surface area contributed by atoms with Crippen LogP contribution in [0.5, 0.6) is 0 Å². The molecule has 26 heavy (non-hydrogen) atoms. The number of nitrogens with one attached hydrogen (secondary N) is 2. The summed E-state index contributed by atoms with van der Waals surface area (Å²) < 4.78 is 6.70. The SMILES string of the molecule is C[C@H](NC(=O)c1ccoc1)C(=O)NCc1ccccc1Cn1cccn1. The second-order valence-corrected chi connectivity index (χ2v) is 5.90. The molecular formula is C19H20N4O3. The van der Waals surface area contributed by atoms with Gasteiger partial charge in [0.2, 0.25) is 5.91 Å².